The van der Waals surface area contributed by atoms with E-state index in [-0.39, 0.29) is 6.42 Å². The lowest BCUT2D eigenvalue weighted by molar-refractivity contribution is -0.136. The summed E-state index contributed by atoms with van der Waals surface area (Å²) in [6.45, 7) is 3.41. The van der Waals surface area contributed by atoms with Gasteiger partial charge in [0.1, 0.15) is 6.33 Å². The Hall–Kier alpha value is -1.96. The first-order valence-electron chi connectivity index (χ1n) is 5.95. The molecule has 2 heterocycles. The third-order valence-electron chi connectivity index (χ3n) is 2.58. The lowest BCUT2D eigenvalue weighted by Gasteiger charge is -2.03. The van der Waals surface area contributed by atoms with Gasteiger partial charge in [0.05, 0.1) is 18.7 Å². The lowest BCUT2D eigenvalue weighted by Crippen LogP contribution is -2.07. The van der Waals surface area contributed by atoms with Gasteiger partial charge in [0, 0.05) is 18.3 Å². The Morgan fingerprint density at radius 1 is 1.58 bits per heavy atom. The first-order valence-corrected chi connectivity index (χ1v) is 6.83. The summed E-state index contributed by atoms with van der Waals surface area (Å²) in [4.78, 5) is 14.8. The molecule has 0 amide bonds. The van der Waals surface area contributed by atoms with Gasteiger partial charge in [-0.25, -0.2) is 4.98 Å². The molecule has 0 spiro atoms. The number of thiazole rings is 1. The molecule has 2 rings (SSSR count). The highest BCUT2D eigenvalue weighted by Gasteiger charge is 2.06. The van der Waals surface area contributed by atoms with E-state index >= 15 is 0 Å². The van der Waals surface area contributed by atoms with Crippen LogP contribution < -0.4 is 5.32 Å². The Morgan fingerprint density at radius 2 is 2.42 bits per heavy atom. The number of aromatic nitrogens is 4. The van der Waals surface area contributed by atoms with Crippen LogP contribution in [0.5, 0.6) is 0 Å². The molecule has 0 aromatic carbocycles. The molecule has 0 radical (unpaired) electrons. The molecule has 19 heavy (non-hydrogen) atoms. The van der Waals surface area contributed by atoms with Crippen molar-refractivity contribution < 1.29 is 9.90 Å². The van der Waals surface area contributed by atoms with E-state index in [1.165, 1.54) is 11.3 Å². The molecular formula is C11H15N5O2S. The molecule has 0 saturated heterocycles. The zero-order chi connectivity index (χ0) is 13.7. The number of carboxylic acids is 1. The molecule has 2 aromatic heterocycles. The number of carbonyl (C=O) groups is 1. The summed E-state index contributed by atoms with van der Waals surface area (Å²) in [5.74, 6) is 0.0448. The molecule has 0 aliphatic heterocycles. The zero-order valence-electron chi connectivity index (χ0n) is 10.5. The van der Waals surface area contributed by atoms with Crippen LogP contribution in [0.4, 0.5) is 5.13 Å². The minimum absolute atomic E-state index is 0.104. The minimum atomic E-state index is -0.807. The molecule has 0 fully saturated rings. The molecule has 2 aromatic rings. The molecule has 2 N–H and O–H groups in total. The minimum Gasteiger partial charge on any atom is -0.481 e. The molecule has 0 atom stereocenters. The molecular weight excluding hydrogens is 266 g/mol. The third kappa shape index (κ3) is 3.75. The van der Waals surface area contributed by atoms with Crippen LogP contribution in [-0.4, -0.2) is 30.8 Å². The predicted molar refractivity (Wildman–Crippen MR) is 71.1 cm³/mol. The molecule has 0 aliphatic carbocycles. The van der Waals surface area contributed by atoms with Gasteiger partial charge < -0.3 is 15.0 Å². The Morgan fingerprint density at radius 3 is 3.16 bits per heavy atom. The van der Waals surface area contributed by atoms with E-state index in [4.69, 9.17) is 5.11 Å². The summed E-state index contributed by atoms with van der Waals surface area (Å²) in [5.41, 5.74) is 0.798. The number of carboxylic acid groups (broad SMARTS) is 1. The monoisotopic (exact) mass is 281 g/mol. The van der Waals surface area contributed by atoms with Crippen molar-refractivity contribution in [3.63, 3.8) is 0 Å². The van der Waals surface area contributed by atoms with Crippen LogP contribution in [0.3, 0.4) is 0 Å². The van der Waals surface area contributed by atoms with Crippen LogP contribution in [0.15, 0.2) is 11.7 Å². The number of rotatable bonds is 7. The van der Waals surface area contributed by atoms with Gasteiger partial charge in [0.25, 0.3) is 0 Å². The molecule has 0 aliphatic rings. The van der Waals surface area contributed by atoms with Gasteiger partial charge >= 0.3 is 5.97 Å². The van der Waals surface area contributed by atoms with E-state index in [0.717, 1.165) is 23.2 Å². The largest absolute Gasteiger partial charge is 0.481 e. The van der Waals surface area contributed by atoms with Crippen LogP contribution >= 0.6 is 11.3 Å². The van der Waals surface area contributed by atoms with Crippen LogP contribution in [0.1, 0.15) is 24.9 Å². The van der Waals surface area contributed by atoms with E-state index in [2.05, 4.69) is 20.5 Å². The number of aryl methyl sites for hydroxylation is 2. The van der Waals surface area contributed by atoms with E-state index in [9.17, 15) is 4.79 Å². The number of hydrogen-bond acceptors (Lipinski definition) is 6. The normalized spacial score (nSPS) is 10.6. The summed E-state index contributed by atoms with van der Waals surface area (Å²) < 4.78 is 1.95. The fraction of sp³-hybridized carbons (Fsp3) is 0.455. The number of anilines is 1. The van der Waals surface area contributed by atoms with Crippen LogP contribution in [-0.2, 0) is 24.3 Å². The number of hydrogen-bond donors (Lipinski definition) is 2. The molecule has 8 heteroatoms. The van der Waals surface area contributed by atoms with E-state index in [1.807, 2.05) is 16.9 Å². The summed E-state index contributed by atoms with van der Waals surface area (Å²) in [7, 11) is 0. The average molecular weight is 281 g/mol. The second-order valence-corrected chi connectivity index (χ2v) is 4.78. The molecule has 7 nitrogen and oxygen atoms in total. The summed E-state index contributed by atoms with van der Waals surface area (Å²) in [6.07, 6.45) is 2.25. The quantitative estimate of drug-likeness (QED) is 0.796. The maximum atomic E-state index is 10.5. The highest BCUT2D eigenvalue weighted by Crippen LogP contribution is 2.17. The van der Waals surface area contributed by atoms with Gasteiger partial charge in [0.2, 0.25) is 0 Å². The fourth-order valence-electron chi connectivity index (χ4n) is 1.57. The average Bonchev–Trinajstić information content (AvgIpc) is 3.02. The van der Waals surface area contributed by atoms with Crippen LogP contribution in [0.2, 0.25) is 0 Å². The van der Waals surface area contributed by atoms with Crippen molar-refractivity contribution in [2.45, 2.75) is 32.9 Å². The zero-order valence-corrected chi connectivity index (χ0v) is 11.4. The second-order valence-electron chi connectivity index (χ2n) is 3.92. The van der Waals surface area contributed by atoms with Gasteiger partial charge in [-0.3, -0.25) is 4.79 Å². The predicted octanol–water partition coefficient (Wildman–Crippen LogP) is 1.38. The summed E-state index contributed by atoms with van der Waals surface area (Å²) >= 11 is 1.46. The van der Waals surface area contributed by atoms with Crippen LogP contribution in [0, 0.1) is 0 Å². The standard InChI is InChI=1S/C11H15N5O2S/c1-2-16-7-13-15-9(16)5-12-11-14-8(6-19-11)3-4-10(17)18/h6-7H,2-5H2,1H3,(H,12,14)(H,17,18). The Bertz CT molecular complexity index is 551. The maximum absolute atomic E-state index is 10.5. The first-order chi connectivity index (χ1) is 9.19. The SMILES string of the molecule is CCn1cnnc1CNc1nc(CCC(=O)O)cs1. The van der Waals surface area contributed by atoms with Crippen molar-refractivity contribution in [1.29, 1.82) is 0 Å². The molecule has 0 saturated carbocycles. The van der Waals surface area contributed by atoms with Gasteiger partial charge in [-0.2, -0.15) is 0 Å². The highest BCUT2D eigenvalue weighted by atomic mass is 32.1. The van der Waals surface area contributed by atoms with Gasteiger partial charge in [-0.15, -0.1) is 21.5 Å². The van der Waals surface area contributed by atoms with Gasteiger partial charge in [-0.05, 0) is 6.92 Å². The van der Waals surface area contributed by atoms with Gasteiger partial charge in [0.15, 0.2) is 11.0 Å². The topological polar surface area (TPSA) is 92.9 Å². The van der Waals surface area contributed by atoms with Crippen molar-refractivity contribution in [2.24, 2.45) is 0 Å². The van der Waals surface area contributed by atoms with Crippen molar-refractivity contribution in [2.75, 3.05) is 5.32 Å². The number of nitrogens with zero attached hydrogens (tertiary/aromatic N) is 4. The van der Waals surface area contributed by atoms with E-state index in [0.29, 0.717) is 13.0 Å². The van der Waals surface area contributed by atoms with Crippen molar-refractivity contribution >= 4 is 22.4 Å². The van der Waals surface area contributed by atoms with Crippen molar-refractivity contribution in [3.05, 3.63) is 23.2 Å². The Balaban J connectivity index is 1.88. The molecule has 0 bridgehead atoms. The van der Waals surface area contributed by atoms with Gasteiger partial charge in [-0.1, -0.05) is 0 Å². The highest BCUT2D eigenvalue weighted by molar-refractivity contribution is 7.13. The lowest BCUT2D eigenvalue weighted by atomic mass is 10.2. The maximum Gasteiger partial charge on any atom is 0.303 e. The first kappa shape index (κ1) is 13.5. The Kier molecular flexibility index (Phi) is 4.45. The number of nitrogens with one attached hydrogen (secondary N) is 1. The Labute approximate surface area is 114 Å². The fourth-order valence-corrected chi connectivity index (χ4v) is 2.32. The van der Waals surface area contributed by atoms with Crippen LogP contribution in [0.25, 0.3) is 0 Å². The summed E-state index contributed by atoms with van der Waals surface area (Å²) in [5, 5.41) is 22.3. The summed E-state index contributed by atoms with van der Waals surface area (Å²) in [6, 6.07) is 0. The van der Waals surface area contributed by atoms with Crippen molar-refractivity contribution in [1.82, 2.24) is 19.7 Å². The molecule has 102 valence electrons. The molecule has 0 unspecified atom stereocenters. The van der Waals surface area contributed by atoms with Crippen molar-refractivity contribution in [3.8, 4) is 0 Å². The second kappa shape index (κ2) is 6.28. The smallest absolute Gasteiger partial charge is 0.303 e. The third-order valence-corrected chi connectivity index (χ3v) is 3.43. The van der Waals surface area contributed by atoms with E-state index < -0.39 is 5.97 Å². The van der Waals surface area contributed by atoms with E-state index in [1.54, 1.807) is 6.33 Å². The number of aliphatic carboxylic acids is 1.